The fraction of sp³-hybridized carbons (Fsp3) is 0.333. The predicted octanol–water partition coefficient (Wildman–Crippen LogP) is 3.85. The summed E-state index contributed by atoms with van der Waals surface area (Å²) in [6.45, 7) is 2.51. The highest BCUT2D eigenvalue weighted by Gasteiger charge is 2.26. The summed E-state index contributed by atoms with van der Waals surface area (Å²) in [6.07, 6.45) is 1.57. The SMILES string of the molecule is O=C(NCCOc1ccccc1)C1CCN(c2nc3ccc(F)cc3s2)CC1. The minimum Gasteiger partial charge on any atom is -0.492 e. The Morgan fingerprint density at radius 1 is 1.21 bits per heavy atom. The molecule has 2 heterocycles. The molecule has 0 saturated carbocycles. The Morgan fingerprint density at radius 3 is 2.79 bits per heavy atom. The van der Waals surface area contributed by atoms with Gasteiger partial charge < -0.3 is 15.0 Å². The van der Waals surface area contributed by atoms with E-state index in [1.54, 1.807) is 6.07 Å². The van der Waals surface area contributed by atoms with E-state index in [2.05, 4.69) is 15.2 Å². The Kier molecular flexibility index (Phi) is 5.71. The number of nitrogens with one attached hydrogen (secondary N) is 1. The maximum Gasteiger partial charge on any atom is 0.223 e. The number of aromatic nitrogens is 1. The van der Waals surface area contributed by atoms with Crippen LogP contribution in [0.2, 0.25) is 0 Å². The summed E-state index contributed by atoms with van der Waals surface area (Å²) < 4.78 is 19.8. The van der Waals surface area contributed by atoms with Crippen molar-refractivity contribution in [3.8, 4) is 5.75 Å². The molecular formula is C21H22FN3O2S. The van der Waals surface area contributed by atoms with Gasteiger partial charge in [-0.1, -0.05) is 29.5 Å². The van der Waals surface area contributed by atoms with Crippen LogP contribution in [0.25, 0.3) is 10.2 Å². The van der Waals surface area contributed by atoms with Gasteiger partial charge in [-0.2, -0.15) is 0 Å². The summed E-state index contributed by atoms with van der Waals surface area (Å²) in [5, 5.41) is 3.87. The lowest BCUT2D eigenvalue weighted by atomic mass is 9.96. The highest BCUT2D eigenvalue weighted by atomic mass is 32.1. The van der Waals surface area contributed by atoms with Gasteiger partial charge in [0.15, 0.2) is 5.13 Å². The van der Waals surface area contributed by atoms with E-state index in [0.29, 0.717) is 13.2 Å². The zero-order valence-corrected chi connectivity index (χ0v) is 16.3. The zero-order valence-electron chi connectivity index (χ0n) is 15.4. The fourth-order valence-corrected chi connectivity index (χ4v) is 4.40. The van der Waals surface area contributed by atoms with E-state index >= 15 is 0 Å². The van der Waals surface area contributed by atoms with Crippen molar-refractivity contribution >= 4 is 32.6 Å². The van der Waals surface area contributed by atoms with Crippen LogP contribution in [0.15, 0.2) is 48.5 Å². The number of rotatable bonds is 6. The van der Waals surface area contributed by atoms with E-state index in [-0.39, 0.29) is 17.6 Å². The fourth-order valence-electron chi connectivity index (χ4n) is 3.36. The van der Waals surface area contributed by atoms with Crippen molar-refractivity contribution in [1.29, 1.82) is 0 Å². The van der Waals surface area contributed by atoms with Gasteiger partial charge in [0.1, 0.15) is 18.2 Å². The number of halogens is 1. The lowest BCUT2D eigenvalue weighted by molar-refractivity contribution is -0.125. The molecule has 3 aromatic rings. The molecule has 0 atom stereocenters. The number of carbonyl (C=O) groups excluding carboxylic acids is 1. The summed E-state index contributed by atoms with van der Waals surface area (Å²) in [4.78, 5) is 19.2. The lowest BCUT2D eigenvalue weighted by Crippen LogP contribution is -2.41. The first-order valence-electron chi connectivity index (χ1n) is 9.45. The number of hydrogen-bond acceptors (Lipinski definition) is 5. The van der Waals surface area contributed by atoms with Crippen molar-refractivity contribution in [2.75, 3.05) is 31.1 Å². The van der Waals surface area contributed by atoms with Crippen LogP contribution in [-0.2, 0) is 4.79 Å². The summed E-state index contributed by atoms with van der Waals surface area (Å²) >= 11 is 1.50. The number of hydrogen-bond donors (Lipinski definition) is 1. The van der Waals surface area contributed by atoms with Crippen LogP contribution in [0.1, 0.15) is 12.8 Å². The molecule has 0 aliphatic carbocycles. The summed E-state index contributed by atoms with van der Waals surface area (Å²) in [6, 6.07) is 14.2. The second kappa shape index (κ2) is 8.56. The van der Waals surface area contributed by atoms with Gasteiger partial charge in [-0.25, -0.2) is 9.37 Å². The van der Waals surface area contributed by atoms with Gasteiger partial charge in [-0.15, -0.1) is 0 Å². The van der Waals surface area contributed by atoms with Crippen LogP contribution < -0.4 is 15.0 Å². The van der Waals surface area contributed by atoms with Gasteiger partial charge in [-0.05, 0) is 43.2 Å². The maximum atomic E-state index is 13.4. The molecule has 1 aliphatic rings. The van der Waals surface area contributed by atoms with Crippen LogP contribution in [0.5, 0.6) is 5.75 Å². The van der Waals surface area contributed by atoms with E-state index in [1.807, 2.05) is 30.3 Å². The lowest BCUT2D eigenvalue weighted by Gasteiger charge is -2.31. The van der Waals surface area contributed by atoms with Crippen LogP contribution in [0, 0.1) is 11.7 Å². The summed E-state index contributed by atoms with van der Waals surface area (Å²) in [7, 11) is 0. The first kappa shape index (κ1) is 18.7. The largest absolute Gasteiger partial charge is 0.492 e. The second-order valence-electron chi connectivity index (χ2n) is 6.82. The first-order chi connectivity index (χ1) is 13.7. The topological polar surface area (TPSA) is 54.5 Å². The molecule has 1 aliphatic heterocycles. The minimum absolute atomic E-state index is 0.0137. The maximum absolute atomic E-state index is 13.4. The Hall–Kier alpha value is -2.67. The normalized spacial score (nSPS) is 15.0. The highest BCUT2D eigenvalue weighted by molar-refractivity contribution is 7.22. The molecule has 4 rings (SSSR count). The number of fused-ring (bicyclic) bond motifs is 1. The van der Waals surface area contributed by atoms with Crippen LogP contribution in [0.4, 0.5) is 9.52 Å². The number of para-hydroxylation sites is 1. The van der Waals surface area contributed by atoms with Crippen molar-refractivity contribution in [3.63, 3.8) is 0 Å². The van der Waals surface area contributed by atoms with Crippen molar-refractivity contribution in [3.05, 3.63) is 54.3 Å². The van der Waals surface area contributed by atoms with Gasteiger partial charge in [0.25, 0.3) is 0 Å². The third-order valence-corrected chi connectivity index (χ3v) is 5.97. The molecule has 1 fully saturated rings. The van der Waals surface area contributed by atoms with Gasteiger partial charge in [0.2, 0.25) is 5.91 Å². The van der Waals surface area contributed by atoms with Gasteiger partial charge in [0, 0.05) is 19.0 Å². The number of ether oxygens (including phenoxy) is 1. The molecule has 1 amide bonds. The molecule has 0 spiro atoms. The second-order valence-corrected chi connectivity index (χ2v) is 7.83. The van der Waals surface area contributed by atoms with E-state index in [0.717, 1.165) is 47.0 Å². The number of benzene rings is 2. The van der Waals surface area contributed by atoms with Crippen LogP contribution >= 0.6 is 11.3 Å². The number of anilines is 1. The number of nitrogens with zero attached hydrogens (tertiary/aromatic N) is 2. The quantitative estimate of drug-likeness (QED) is 0.640. The van der Waals surface area contributed by atoms with Crippen molar-refractivity contribution in [1.82, 2.24) is 10.3 Å². The van der Waals surface area contributed by atoms with Crippen LogP contribution in [0.3, 0.4) is 0 Å². The Morgan fingerprint density at radius 2 is 2.00 bits per heavy atom. The molecule has 0 bridgehead atoms. The summed E-state index contributed by atoms with van der Waals surface area (Å²) in [5.74, 6) is 0.664. The van der Waals surface area contributed by atoms with Gasteiger partial charge >= 0.3 is 0 Å². The molecule has 146 valence electrons. The standard InChI is InChI=1S/C21H22FN3O2S/c22-16-6-7-18-19(14-16)28-21(24-18)25-11-8-15(9-12-25)20(26)23-10-13-27-17-4-2-1-3-5-17/h1-7,14-15H,8-13H2,(H,23,26). The Labute approximate surface area is 167 Å². The molecule has 28 heavy (non-hydrogen) atoms. The van der Waals surface area contributed by atoms with Crippen molar-refractivity contribution in [2.24, 2.45) is 5.92 Å². The molecule has 1 saturated heterocycles. The number of piperidine rings is 1. The third-order valence-electron chi connectivity index (χ3n) is 4.89. The Balaban J connectivity index is 1.23. The van der Waals surface area contributed by atoms with E-state index in [4.69, 9.17) is 4.74 Å². The minimum atomic E-state index is -0.241. The molecule has 1 N–H and O–H groups in total. The van der Waals surface area contributed by atoms with Gasteiger partial charge in [0.05, 0.1) is 16.8 Å². The predicted molar refractivity (Wildman–Crippen MR) is 109 cm³/mol. The van der Waals surface area contributed by atoms with E-state index in [9.17, 15) is 9.18 Å². The Bertz CT molecular complexity index is 939. The first-order valence-corrected chi connectivity index (χ1v) is 10.3. The third kappa shape index (κ3) is 4.42. The van der Waals surface area contributed by atoms with E-state index < -0.39 is 0 Å². The molecule has 1 aromatic heterocycles. The van der Waals surface area contributed by atoms with Crippen LogP contribution in [-0.4, -0.2) is 37.1 Å². The number of thiazole rings is 1. The molecule has 0 radical (unpaired) electrons. The average molecular weight is 399 g/mol. The smallest absolute Gasteiger partial charge is 0.223 e. The van der Waals surface area contributed by atoms with Crippen molar-refractivity contribution < 1.29 is 13.9 Å². The molecule has 0 unspecified atom stereocenters. The summed E-state index contributed by atoms with van der Waals surface area (Å²) in [5.41, 5.74) is 0.819. The highest BCUT2D eigenvalue weighted by Crippen LogP contribution is 2.31. The monoisotopic (exact) mass is 399 g/mol. The molecule has 2 aromatic carbocycles. The van der Waals surface area contributed by atoms with Gasteiger partial charge in [-0.3, -0.25) is 4.79 Å². The zero-order chi connectivity index (χ0) is 19.3. The van der Waals surface area contributed by atoms with Crippen molar-refractivity contribution in [2.45, 2.75) is 12.8 Å². The molecular weight excluding hydrogens is 377 g/mol. The van der Waals surface area contributed by atoms with E-state index in [1.165, 1.54) is 23.5 Å². The molecule has 7 heteroatoms. The average Bonchev–Trinajstić information content (AvgIpc) is 3.15. The number of carbonyl (C=O) groups is 1. The molecule has 5 nitrogen and oxygen atoms in total. The number of amides is 1.